The molecule has 9 heteroatoms. The number of aliphatic imine (C=N–C) groups is 1. The molecule has 2 aromatic heterocycles. The number of benzene rings is 1. The minimum Gasteiger partial charge on any atom is -0.356 e. The van der Waals surface area contributed by atoms with Gasteiger partial charge in [-0.2, -0.15) is 4.98 Å². The molecule has 0 aliphatic heterocycles. The average Bonchev–Trinajstić information content (AvgIpc) is 3.34. The highest BCUT2D eigenvalue weighted by atomic mass is 35.5. The van der Waals surface area contributed by atoms with Gasteiger partial charge in [0.05, 0.1) is 11.6 Å². The zero-order chi connectivity index (χ0) is 19.1. The quantitative estimate of drug-likeness (QED) is 0.464. The molecule has 142 valence electrons. The van der Waals surface area contributed by atoms with Crippen LogP contribution in [-0.4, -0.2) is 34.7 Å². The number of hydrogen-bond acceptors (Lipinski definition) is 6. The van der Waals surface area contributed by atoms with Crippen molar-refractivity contribution < 1.29 is 4.52 Å². The summed E-state index contributed by atoms with van der Waals surface area (Å²) in [5.74, 6) is 1.65. The fourth-order valence-electron chi connectivity index (χ4n) is 2.37. The molecular formula is C18H21ClN6OS. The first-order valence-electron chi connectivity index (χ1n) is 8.64. The maximum Gasteiger partial charge on any atom is 0.246 e. The first-order valence-corrected chi connectivity index (χ1v) is 9.84. The van der Waals surface area contributed by atoms with Gasteiger partial charge < -0.3 is 15.2 Å². The summed E-state index contributed by atoms with van der Waals surface area (Å²) in [5, 5.41) is 12.2. The van der Waals surface area contributed by atoms with Crippen LogP contribution in [-0.2, 0) is 19.4 Å². The normalized spacial score (nSPS) is 11.6. The van der Waals surface area contributed by atoms with Gasteiger partial charge in [-0.3, -0.25) is 4.99 Å². The number of halogens is 1. The Bertz CT molecular complexity index is 907. The number of nitrogens with one attached hydrogen (secondary N) is 2. The van der Waals surface area contributed by atoms with Crippen molar-refractivity contribution in [3.8, 4) is 11.4 Å². The number of thiazole rings is 1. The van der Waals surface area contributed by atoms with Gasteiger partial charge in [0.1, 0.15) is 0 Å². The highest BCUT2D eigenvalue weighted by molar-refractivity contribution is 7.11. The number of guanidine groups is 1. The Morgan fingerprint density at radius 3 is 2.96 bits per heavy atom. The van der Waals surface area contributed by atoms with Crippen LogP contribution in [0, 0.1) is 0 Å². The molecule has 0 fully saturated rings. The minimum absolute atomic E-state index is 0.379. The van der Waals surface area contributed by atoms with E-state index in [1.54, 1.807) is 30.5 Å². The zero-order valence-corrected chi connectivity index (χ0v) is 16.8. The number of aryl methyl sites for hydroxylation is 1. The van der Waals surface area contributed by atoms with E-state index in [-0.39, 0.29) is 0 Å². The fourth-order valence-corrected chi connectivity index (χ4v) is 3.42. The van der Waals surface area contributed by atoms with Gasteiger partial charge >= 0.3 is 0 Å². The highest BCUT2D eigenvalue weighted by Crippen LogP contribution is 2.19. The Morgan fingerprint density at radius 1 is 1.33 bits per heavy atom. The minimum atomic E-state index is 0.379. The van der Waals surface area contributed by atoms with Crippen LogP contribution in [0.2, 0.25) is 5.02 Å². The number of hydrogen-bond donors (Lipinski definition) is 2. The summed E-state index contributed by atoms with van der Waals surface area (Å²) in [6, 6.07) is 7.34. The van der Waals surface area contributed by atoms with Crippen molar-refractivity contribution in [3.05, 3.63) is 51.3 Å². The lowest BCUT2D eigenvalue weighted by atomic mass is 10.2. The summed E-state index contributed by atoms with van der Waals surface area (Å²) in [4.78, 5) is 14.3. The van der Waals surface area contributed by atoms with Gasteiger partial charge in [-0.25, -0.2) is 4.98 Å². The lowest BCUT2D eigenvalue weighted by molar-refractivity contribution is 0.375. The molecule has 0 spiro atoms. The van der Waals surface area contributed by atoms with E-state index in [0.717, 1.165) is 30.0 Å². The van der Waals surface area contributed by atoms with Gasteiger partial charge in [0.25, 0.3) is 0 Å². The van der Waals surface area contributed by atoms with Crippen LogP contribution >= 0.6 is 22.9 Å². The Kier molecular flexibility index (Phi) is 6.78. The smallest absolute Gasteiger partial charge is 0.246 e. The van der Waals surface area contributed by atoms with Gasteiger partial charge in [-0.1, -0.05) is 35.8 Å². The van der Waals surface area contributed by atoms with Gasteiger partial charge in [0.15, 0.2) is 5.96 Å². The Hall–Kier alpha value is -2.45. The van der Waals surface area contributed by atoms with Gasteiger partial charge in [0.2, 0.25) is 11.7 Å². The number of nitrogens with zero attached hydrogens (tertiary/aromatic N) is 4. The van der Waals surface area contributed by atoms with Crippen molar-refractivity contribution >= 4 is 28.9 Å². The van der Waals surface area contributed by atoms with Crippen molar-refractivity contribution in [3.63, 3.8) is 0 Å². The van der Waals surface area contributed by atoms with E-state index in [1.807, 2.05) is 18.3 Å². The Morgan fingerprint density at radius 2 is 2.22 bits per heavy atom. The summed E-state index contributed by atoms with van der Waals surface area (Å²) in [7, 11) is 1.72. The molecule has 0 atom stereocenters. The zero-order valence-electron chi connectivity index (χ0n) is 15.2. The van der Waals surface area contributed by atoms with E-state index < -0.39 is 0 Å². The Balaban J connectivity index is 1.48. The predicted octanol–water partition coefficient (Wildman–Crippen LogP) is 3.32. The van der Waals surface area contributed by atoms with Crippen LogP contribution < -0.4 is 10.6 Å². The second-order valence-electron chi connectivity index (χ2n) is 5.70. The van der Waals surface area contributed by atoms with Crippen LogP contribution in [0.4, 0.5) is 0 Å². The molecule has 1 aromatic carbocycles. The van der Waals surface area contributed by atoms with E-state index in [0.29, 0.717) is 29.2 Å². The first-order chi connectivity index (χ1) is 13.2. The summed E-state index contributed by atoms with van der Waals surface area (Å²) in [5.41, 5.74) is 0.815. The fraction of sp³-hybridized carbons (Fsp3) is 0.333. The molecule has 3 aromatic rings. The summed E-state index contributed by atoms with van der Waals surface area (Å²) < 4.78 is 5.28. The third-order valence-corrected chi connectivity index (χ3v) is 5.20. The van der Waals surface area contributed by atoms with Gasteiger partial charge in [-0.15, -0.1) is 11.3 Å². The van der Waals surface area contributed by atoms with Crippen molar-refractivity contribution in [2.75, 3.05) is 13.6 Å². The summed E-state index contributed by atoms with van der Waals surface area (Å²) in [6.07, 6.45) is 3.82. The molecule has 0 aliphatic rings. The maximum absolute atomic E-state index is 6.00. The van der Waals surface area contributed by atoms with Crippen LogP contribution in [0.1, 0.15) is 22.7 Å². The summed E-state index contributed by atoms with van der Waals surface area (Å²) >= 11 is 7.75. The maximum atomic E-state index is 6.00. The van der Waals surface area contributed by atoms with Crippen LogP contribution in [0.25, 0.3) is 11.4 Å². The SMILES string of the molecule is CCc1cnc(CCNC(=NC)NCc2nc(-c3cccc(Cl)c3)no2)s1. The van der Waals surface area contributed by atoms with E-state index in [2.05, 4.69) is 37.7 Å². The van der Waals surface area contributed by atoms with Crippen molar-refractivity contribution in [2.45, 2.75) is 26.3 Å². The topological polar surface area (TPSA) is 88.2 Å². The lowest BCUT2D eigenvalue weighted by Crippen LogP contribution is -2.37. The molecule has 0 bridgehead atoms. The Labute approximate surface area is 166 Å². The van der Waals surface area contributed by atoms with Crippen molar-refractivity contribution in [1.82, 2.24) is 25.8 Å². The van der Waals surface area contributed by atoms with E-state index >= 15 is 0 Å². The number of rotatable bonds is 7. The molecule has 2 N–H and O–H groups in total. The van der Waals surface area contributed by atoms with Crippen LogP contribution in [0.15, 0.2) is 40.0 Å². The first kappa shape index (κ1) is 19.3. The molecular weight excluding hydrogens is 384 g/mol. The molecule has 0 radical (unpaired) electrons. The van der Waals surface area contributed by atoms with Crippen molar-refractivity contribution in [2.24, 2.45) is 4.99 Å². The monoisotopic (exact) mass is 404 g/mol. The second-order valence-corrected chi connectivity index (χ2v) is 7.33. The molecule has 3 rings (SSSR count). The van der Waals surface area contributed by atoms with Crippen molar-refractivity contribution in [1.29, 1.82) is 0 Å². The molecule has 27 heavy (non-hydrogen) atoms. The molecule has 0 saturated heterocycles. The third kappa shape index (κ3) is 5.51. The standard InChI is InChI=1S/C18H21ClN6OS/c1-3-14-10-22-16(27-14)7-8-21-18(20-2)23-11-15-24-17(25-26-15)12-5-4-6-13(19)9-12/h4-6,9-10H,3,7-8,11H2,1-2H3,(H2,20,21,23). The molecule has 7 nitrogen and oxygen atoms in total. The average molecular weight is 405 g/mol. The highest BCUT2D eigenvalue weighted by Gasteiger charge is 2.10. The largest absolute Gasteiger partial charge is 0.356 e. The van der Waals surface area contributed by atoms with E-state index in [9.17, 15) is 0 Å². The molecule has 0 unspecified atom stereocenters. The van der Waals surface area contributed by atoms with Gasteiger partial charge in [0, 0.05) is 41.7 Å². The van der Waals surface area contributed by atoms with Crippen LogP contribution in [0.5, 0.6) is 0 Å². The predicted molar refractivity (Wildman–Crippen MR) is 108 cm³/mol. The van der Waals surface area contributed by atoms with E-state index in [1.165, 1.54) is 4.88 Å². The molecule has 2 heterocycles. The summed E-state index contributed by atoms with van der Waals surface area (Å²) in [6.45, 7) is 3.26. The van der Waals surface area contributed by atoms with Crippen LogP contribution in [0.3, 0.4) is 0 Å². The third-order valence-electron chi connectivity index (χ3n) is 3.76. The lowest BCUT2D eigenvalue weighted by Gasteiger charge is -2.09. The van der Waals surface area contributed by atoms with Gasteiger partial charge in [-0.05, 0) is 18.6 Å². The second kappa shape index (κ2) is 9.48. The molecule has 0 aliphatic carbocycles. The number of aromatic nitrogens is 3. The molecule has 0 saturated carbocycles. The molecule has 0 amide bonds. The van der Waals surface area contributed by atoms with E-state index in [4.69, 9.17) is 16.1 Å².